The van der Waals surface area contributed by atoms with Gasteiger partial charge in [0, 0.05) is 5.41 Å². The van der Waals surface area contributed by atoms with Crippen LogP contribution in [0.15, 0.2) is 41.8 Å². The molecule has 0 spiro atoms. The van der Waals surface area contributed by atoms with Gasteiger partial charge in [-0.1, -0.05) is 51.1 Å². The maximum Gasteiger partial charge on any atom is 0.356 e. The Kier molecular flexibility index (Phi) is 3.44. The lowest BCUT2D eigenvalue weighted by Crippen LogP contribution is -2.61. The van der Waals surface area contributed by atoms with Crippen LogP contribution in [0, 0.1) is 11.3 Å². The highest BCUT2D eigenvalue weighted by molar-refractivity contribution is 5.98. The third-order valence-electron chi connectivity index (χ3n) is 4.14. The van der Waals surface area contributed by atoms with E-state index in [0.29, 0.717) is 5.56 Å². The summed E-state index contributed by atoms with van der Waals surface area (Å²) in [6, 6.07) is 8.82. The van der Waals surface area contributed by atoms with Crippen LogP contribution in [0.2, 0.25) is 0 Å². The van der Waals surface area contributed by atoms with Gasteiger partial charge < -0.3 is 14.9 Å². The summed E-state index contributed by atoms with van der Waals surface area (Å²) in [5.41, 5.74) is -0.0627. The first kappa shape index (κ1) is 15.6. The van der Waals surface area contributed by atoms with E-state index in [1.165, 1.54) is 0 Å². The number of carboxylic acid groups (broad SMARTS) is 1. The van der Waals surface area contributed by atoms with Gasteiger partial charge in [0.15, 0.2) is 11.9 Å². The third-order valence-corrected chi connectivity index (χ3v) is 4.14. The van der Waals surface area contributed by atoms with Crippen molar-refractivity contribution in [2.75, 3.05) is 0 Å². The lowest BCUT2D eigenvalue weighted by atomic mass is 9.86. The molecule has 23 heavy (non-hydrogen) atoms. The highest BCUT2D eigenvalue weighted by Crippen LogP contribution is 2.49. The van der Waals surface area contributed by atoms with E-state index in [4.69, 9.17) is 4.74 Å². The van der Waals surface area contributed by atoms with Gasteiger partial charge in [-0.15, -0.1) is 0 Å². The Bertz CT molecular complexity index is 689. The van der Waals surface area contributed by atoms with Crippen molar-refractivity contribution < 1.29 is 24.5 Å². The van der Waals surface area contributed by atoms with E-state index in [9.17, 15) is 19.8 Å². The van der Waals surface area contributed by atoms with Crippen LogP contribution in [0.1, 0.15) is 32.4 Å². The molecule has 0 unspecified atom stereocenters. The van der Waals surface area contributed by atoms with Crippen molar-refractivity contribution >= 4 is 11.9 Å². The summed E-state index contributed by atoms with van der Waals surface area (Å²) < 4.78 is 5.77. The molecular weight excluding hydrogens is 298 g/mol. The van der Waals surface area contributed by atoms with Crippen molar-refractivity contribution in [3.63, 3.8) is 0 Å². The summed E-state index contributed by atoms with van der Waals surface area (Å²) in [5, 5.41) is 19.9. The Labute approximate surface area is 134 Å². The number of carbonyl (C=O) groups is 2. The molecule has 1 amide bonds. The molecule has 0 aromatic heterocycles. The molecule has 3 atom stereocenters. The van der Waals surface area contributed by atoms with Crippen molar-refractivity contribution in [2.45, 2.75) is 33.1 Å². The zero-order valence-electron chi connectivity index (χ0n) is 13.2. The number of rotatable bonds is 3. The fourth-order valence-electron chi connectivity index (χ4n) is 3.02. The zero-order valence-corrected chi connectivity index (χ0v) is 13.2. The van der Waals surface area contributed by atoms with E-state index in [1.54, 1.807) is 24.3 Å². The normalized spacial score (nSPS) is 24.9. The monoisotopic (exact) mass is 317 g/mol. The number of aliphatic hydroxyl groups is 1. The predicted molar refractivity (Wildman–Crippen MR) is 80.7 cm³/mol. The summed E-state index contributed by atoms with van der Waals surface area (Å²) in [6.45, 7) is 5.47. The van der Waals surface area contributed by atoms with E-state index < -0.39 is 35.5 Å². The standard InChI is InChI=1S/C17H19NO5/c1-17(2,3)13-11(16(21)22)18-14(20)10(15(18)23-13)12(19)9-7-5-4-6-8-9/h4-8,10,12,15,19H,1-3H3,(H,21,22)/t10-,12-,15-/m0/s1. The average molecular weight is 317 g/mol. The SMILES string of the molecule is CC(C)(C)C1=C(C(=O)O)N2C(=O)[C@H]([C@@H](O)c3ccccc3)[C@@H]2O1. The average Bonchev–Trinajstić information content (AvgIpc) is 2.84. The molecule has 6 nitrogen and oxygen atoms in total. The van der Waals surface area contributed by atoms with E-state index in [-0.39, 0.29) is 11.5 Å². The molecule has 0 aliphatic carbocycles. The smallest absolute Gasteiger partial charge is 0.356 e. The summed E-state index contributed by atoms with van der Waals surface area (Å²) in [6.07, 6.45) is -1.79. The fraction of sp³-hybridized carbons (Fsp3) is 0.412. The quantitative estimate of drug-likeness (QED) is 0.831. The number of hydrogen-bond donors (Lipinski definition) is 2. The van der Waals surface area contributed by atoms with Gasteiger partial charge in [-0.05, 0) is 5.56 Å². The van der Waals surface area contributed by atoms with E-state index in [1.807, 2.05) is 26.8 Å². The summed E-state index contributed by atoms with van der Waals surface area (Å²) in [5.74, 6) is -2.15. The minimum Gasteiger partial charge on any atom is -0.476 e. The summed E-state index contributed by atoms with van der Waals surface area (Å²) >= 11 is 0. The second-order valence-electron chi connectivity index (χ2n) is 6.83. The van der Waals surface area contributed by atoms with Crippen LogP contribution >= 0.6 is 0 Å². The molecule has 1 saturated heterocycles. The topological polar surface area (TPSA) is 87.1 Å². The van der Waals surface area contributed by atoms with Crippen molar-refractivity contribution in [2.24, 2.45) is 11.3 Å². The Balaban J connectivity index is 1.91. The Morgan fingerprint density at radius 1 is 1.26 bits per heavy atom. The molecule has 6 heteroatoms. The van der Waals surface area contributed by atoms with E-state index in [0.717, 1.165) is 4.90 Å². The van der Waals surface area contributed by atoms with Gasteiger partial charge in [-0.25, -0.2) is 4.79 Å². The van der Waals surface area contributed by atoms with Crippen LogP contribution in [0.3, 0.4) is 0 Å². The molecule has 1 aromatic rings. The number of allylic oxidation sites excluding steroid dienone is 1. The first-order chi connectivity index (χ1) is 10.7. The van der Waals surface area contributed by atoms with Crippen LogP contribution < -0.4 is 0 Å². The molecule has 1 fully saturated rings. The van der Waals surface area contributed by atoms with Crippen LogP contribution in [0.5, 0.6) is 0 Å². The van der Waals surface area contributed by atoms with Crippen LogP contribution in [-0.4, -0.2) is 33.2 Å². The second kappa shape index (κ2) is 5.09. The summed E-state index contributed by atoms with van der Waals surface area (Å²) in [7, 11) is 0. The molecule has 2 aliphatic rings. The third kappa shape index (κ3) is 2.30. The molecule has 2 heterocycles. The number of hydrogen-bond acceptors (Lipinski definition) is 4. The predicted octanol–water partition coefficient (Wildman–Crippen LogP) is 1.88. The molecule has 3 rings (SSSR count). The highest BCUT2D eigenvalue weighted by atomic mass is 16.5. The van der Waals surface area contributed by atoms with Gasteiger partial charge in [-0.3, -0.25) is 9.69 Å². The fourth-order valence-corrected chi connectivity index (χ4v) is 3.02. The number of β-lactam (4-membered cyclic amide) rings is 1. The maximum atomic E-state index is 12.4. The molecule has 1 aromatic carbocycles. The number of nitrogens with zero attached hydrogens (tertiary/aromatic N) is 1. The van der Waals surface area contributed by atoms with Gasteiger partial charge in [0.25, 0.3) is 0 Å². The Hall–Kier alpha value is -2.34. The molecule has 2 aliphatic heterocycles. The molecule has 0 bridgehead atoms. The number of aliphatic carboxylic acids is 1. The zero-order chi connectivity index (χ0) is 16.9. The second-order valence-corrected chi connectivity index (χ2v) is 6.83. The van der Waals surface area contributed by atoms with Gasteiger partial charge in [0.05, 0.1) is 6.10 Å². The lowest BCUT2D eigenvalue weighted by Gasteiger charge is -2.43. The van der Waals surface area contributed by atoms with Gasteiger partial charge in [-0.2, -0.15) is 0 Å². The number of amides is 1. The number of ether oxygens (including phenoxy) is 1. The van der Waals surface area contributed by atoms with Crippen molar-refractivity contribution in [1.82, 2.24) is 4.90 Å². The van der Waals surface area contributed by atoms with E-state index in [2.05, 4.69) is 0 Å². The molecule has 122 valence electrons. The minimum atomic E-state index is -1.20. The lowest BCUT2D eigenvalue weighted by molar-refractivity contribution is -0.185. The minimum absolute atomic E-state index is 0.121. The number of aliphatic hydroxyl groups excluding tert-OH is 1. The van der Waals surface area contributed by atoms with Gasteiger partial charge >= 0.3 is 5.97 Å². The largest absolute Gasteiger partial charge is 0.476 e. The number of carbonyl (C=O) groups excluding carboxylic acids is 1. The Morgan fingerprint density at radius 2 is 1.87 bits per heavy atom. The van der Waals surface area contributed by atoms with Crippen LogP contribution in [0.25, 0.3) is 0 Å². The number of benzene rings is 1. The van der Waals surface area contributed by atoms with Crippen molar-refractivity contribution in [3.05, 3.63) is 47.4 Å². The van der Waals surface area contributed by atoms with Gasteiger partial charge in [0.2, 0.25) is 5.91 Å². The molecular formula is C17H19NO5. The van der Waals surface area contributed by atoms with Crippen molar-refractivity contribution in [3.8, 4) is 0 Å². The first-order valence-corrected chi connectivity index (χ1v) is 7.44. The molecule has 0 radical (unpaired) electrons. The molecule has 2 N–H and O–H groups in total. The first-order valence-electron chi connectivity index (χ1n) is 7.44. The van der Waals surface area contributed by atoms with Crippen LogP contribution in [-0.2, 0) is 14.3 Å². The number of fused-ring (bicyclic) bond motifs is 1. The number of carboxylic acids is 1. The highest BCUT2D eigenvalue weighted by Gasteiger charge is 2.61. The molecule has 0 saturated carbocycles. The van der Waals surface area contributed by atoms with Gasteiger partial charge in [0.1, 0.15) is 11.7 Å². The van der Waals surface area contributed by atoms with Crippen LogP contribution in [0.4, 0.5) is 0 Å². The maximum absolute atomic E-state index is 12.4. The summed E-state index contributed by atoms with van der Waals surface area (Å²) in [4.78, 5) is 25.1. The van der Waals surface area contributed by atoms with E-state index >= 15 is 0 Å². The van der Waals surface area contributed by atoms with Crippen molar-refractivity contribution in [1.29, 1.82) is 0 Å². The Morgan fingerprint density at radius 3 is 2.39 bits per heavy atom.